The van der Waals surface area contributed by atoms with Gasteiger partial charge >= 0.3 is 0 Å². The van der Waals surface area contributed by atoms with Crippen molar-refractivity contribution < 1.29 is 22.7 Å². The van der Waals surface area contributed by atoms with Crippen LogP contribution in [0.5, 0.6) is 5.75 Å². The summed E-state index contributed by atoms with van der Waals surface area (Å²) < 4.78 is 34.3. The number of likely N-dealkylation sites (N-methyl/N-ethyl adjacent to an activating group) is 1. The summed E-state index contributed by atoms with van der Waals surface area (Å²) in [6.45, 7) is 3.22. The summed E-state index contributed by atoms with van der Waals surface area (Å²) in [6, 6.07) is 20.5. The van der Waals surface area contributed by atoms with E-state index in [-0.39, 0.29) is 23.0 Å². The standard InChI is InChI=1S/C27H30ClN3O5S/c1-4-36-25-13-9-8-12-24(25)31(37(34,35)23-10-6-5-7-11-23)19-26(32)30(20(2)27(33)29-3)18-21-14-16-22(28)17-15-21/h5-17,20H,4,18-19H2,1-3H3,(H,29,33)/t20-/m1/s1. The quantitative estimate of drug-likeness (QED) is 0.393. The number of carbonyl (C=O) groups excluding carboxylic acids is 2. The molecule has 0 aliphatic rings. The number of benzene rings is 3. The first-order valence-corrected chi connectivity index (χ1v) is 13.6. The highest BCUT2D eigenvalue weighted by molar-refractivity contribution is 7.92. The van der Waals surface area contributed by atoms with Crippen molar-refractivity contribution >= 4 is 39.1 Å². The predicted molar refractivity (Wildman–Crippen MR) is 144 cm³/mol. The second kappa shape index (κ2) is 12.6. The number of rotatable bonds is 11. The number of anilines is 1. The second-order valence-corrected chi connectivity index (χ2v) is 10.5. The first-order valence-electron chi connectivity index (χ1n) is 11.7. The van der Waals surface area contributed by atoms with Gasteiger partial charge in [-0.15, -0.1) is 0 Å². The van der Waals surface area contributed by atoms with Gasteiger partial charge in [-0.25, -0.2) is 8.42 Å². The number of para-hydroxylation sites is 2. The van der Waals surface area contributed by atoms with Crippen molar-refractivity contribution in [2.24, 2.45) is 0 Å². The van der Waals surface area contributed by atoms with Crippen LogP contribution in [0.4, 0.5) is 5.69 Å². The molecule has 0 saturated carbocycles. The Balaban J connectivity index is 2.06. The molecule has 0 aliphatic heterocycles. The van der Waals surface area contributed by atoms with E-state index in [0.29, 0.717) is 17.4 Å². The third kappa shape index (κ3) is 6.81. The number of amides is 2. The fourth-order valence-electron chi connectivity index (χ4n) is 3.75. The molecule has 37 heavy (non-hydrogen) atoms. The van der Waals surface area contributed by atoms with Gasteiger partial charge in [-0.3, -0.25) is 13.9 Å². The third-order valence-electron chi connectivity index (χ3n) is 5.72. The Bertz CT molecular complexity index is 1320. The predicted octanol–water partition coefficient (Wildman–Crippen LogP) is 4.10. The van der Waals surface area contributed by atoms with E-state index in [1.54, 1.807) is 80.6 Å². The minimum absolute atomic E-state index is 0.0257. The van der Waals surface area contributed by atoms with Crippen molar-refractivity contribution in [1.29, 1.82) is 0 Å². The summed E-state index contributed by atoms with van der Waals surface area (Å²) in [6.07, 6.45) is 0. The molecule has 8 nitrogen and oxygen atoms in total. The lowest BCUT2D eigenvalue weighted by Crippen LogP contribution is -2.50. The Hall–Kier alpha value is -3.56. The molecule has 0 spiro atoms. The molecule has 0 bridgehead atoms. The van der Waals surface area contributed by atoms with Crippen LogP contribution in [0, 0.1) is 0 Å². The maximum Gasteiger partial charge on any atom is 0.264 e. The Morgan fingerprint density at radius 2 is 1.59 bits per heavy atom. The highest BCUT2D eigenvalue weighted by Gasteiger charge is 2.33. The molecule has 0 aliphatic carbocycles. The topological polar surface area (TPSA) is 96.0 Å². The van der Waals surface area contributed by atoms with Crippen molar-refractivity contribution in [3.05, 3.63) is 89.4 Å². The zero-order valence-corrected chi connectivity index (χ0v) is 22.5. The zero-order valence-electron chi connectivity index (χ0n) is 20.9. The van der Waals surface area contributed by atoms with Gasteiger partial charge < -0.3 is 15.0 Å². The number of nitrogens with zero attached hydrogens (tertiary/aromatic N) is 2. The van der Waals surface area contributed by atoms with Crippen LogP contribution in [0.1, 0.15) is 19.4 Å². The van der Waals surface area contributed by atoms with E-state index < -0.39 is 28.5 Å². The van der Waals surface area contributed by atoms with E-state index in [4.69, 9.17) is 16.3 Å². The number of halogens is 1. The van der Waals surface area contributed by atoms with Crippen molar-refractivity contribution in [3.63, 3.8) is 0 Å². The van der Waals surface area contributed by atoms with Gasteiger partial charge in [-0.2, -0.15) is 0 Å². The van der Waals surface area contributed by atoms with Crippen LogP contribution in [0.25, 0.3) is 0 Å². The Morgan fingerprint density at radius 1 is 0.973 bits per heavy atom. The summed E-state index contributed by atoms with van der Waals surface area (Å²) in [4.78, 5) is 27.7. The van der Waals surface area contributed by atoms with Crippen LogP contribution in [0.15, 0.2) is 83.8 Å². The SMILES string of the molecule is CCOc1ccccc1N(CC(=O)N(Cc1ccc(Cl)cc1)[C@H](C)C(=O)NC)S(=O)(=O)c1ccccc1. The smallest absolute Gasteiger partial charge is 0.264 e. The summed E-state index contributed by atoms with van der Waals surface area (Å²) in [5, 5.41) is 3.09. The molecule has 196 valence electrons. The van der Waals surface area contributed by atoms with Crippen LogP contribution >= 0.6 is 11.6 Å². The van der Waals surface area contributed by atoms with Crippen molar-refractivity contribution in [1.82, 2.24) is 10.2 Å². The molecule has 1 atom stereocenters. The van der Waals surface area contributed by atoms with Crippen LogP contribution in [-0.2, 0) is 26.2 Å². The van der Waals surface area contributed by atoms with Crippen LogP contribution in [0.3, 0.4) is 0 Å². The van der Waals surface area contributed by atoms with Crippen LogP contribution in [0.2, 0.25) is 5.02 Å². The number of hydrogen-bond donors (Lipinski definition) is 1. The Kier molecular flexibility index (Phi) is 9.54. The molecular formula is C27H30ClN3O5S. The second-order valence-electron chi connectivity index (χ2n) is 8.16. The molecule has 3 rings (SSSR count). The fraction of sp³-hybridized carbons (Fsp3) is 0.259. The van der Waals surface area contributed by atoms with Crippen molar-refractivity contribution in [2.75, 3.05) is 24.5 Å². The van der Waals surface area contributed by atoms with E-state index in [9.17, 15) is 18.0 Å². The molecule has 0 heterocycles. The Morgan fingerprint density at radius 3 is 2.22 bits per heavy atom. The van der Waals surface area contributed by atoms with Crippen LogP contribution in [-0.4, -0.2) is 51.4 Å². The zero-order chi connectivity index (χ0) is 27.0. The van der Waals surface area contributed by atoms with Gasteiger partial charge in [0.2, 0.25) is 11.8 Å². The van der Waals surface area contributed by atoms with Gasteiger partial charge in [0.1, 0.15) is 18.3 Å². The van der Waals surface area contributed by atoms with Gasteiger partial charge in [0.05, 0.1) is 17.2 Å². The lowest BCUT2D eigenvalue weighted by molar-refractivity contribution is -0.139. The van der Waals surface area contributed by atoms with Gasteiger partial charge in [0, 0.05) is 18.6 Å². The number of ether oxygens (including phenoxy) is 1. The van der Waals surface area contributed by atoms with Crippen LogP contribution < -0.4 is 14.4 Å². The van der Waals surface area contributed by atoms with Gasteiger partial charge in [0.15, 0.2) is 0 Å². The number of hydrogen-bond acceptors (Lipinski definition) is 5. The van der Waals surface area contributed by atoms with Crippen molar-refractivity contribution in [3.8, 4) is 5.75 Å². The molecule has 2 amide bonds. The number of sulfonamides is 1. The minimum Gasteiger partial charge on any atom is -0.492 e. The molecule has 0 unspecified atom stereocenters. The van der Waals surface area contributed by atoms with Gasteiger partial charge in [-0.1, -0.05) is 54.1 Å². The molecule has 3 aromatic carbocycles. The number of nitrogens with one attached hydrogen (secondary N) is 1. The average molecular weight is 544 g/mol. The highest BCUT2D eigenvalue weighted by Crippen LogP contribution is 2.32. The molecule has 0 saturated heterocycles. The van der Waals surface area contributed by atoms with E-state index in [0.717, 1.165) is 9.87 Å². The summed E-state index contributed by atoms with van der Waals surface area (Å²) in [7, 11) is -2.69. The van der Waals surface area contributed by atoms with Gasteiger partial charge in [0.25, 0.3) is 10.0 Å². The molecule has 10 heteroatoms. The first kappa shape index (κ1) is 28.0. The minimum atomic E-state index is -4.17. The molecule has 0 aromatic heterocycles. The normalized spacial score (nSPS) is 11.9. The van der Waals surface area contributed by atoms with E-state index >= 15 is 0 Å². The average Bonchev–Trinajstić information content (AvgIpc) is 2.91. The monoisotopic (exact) mass is 543 g/mol. The van der Waals surface area contributed by atoms with E-state index in [2.05, 4.69) is 5.32 Å². The van der Waals surface area contributed by atoms with E-state index in [1.807, 2.05) is 0 Å². The molecule has 0 fully saturated rings. The number of carbonyl (C=O) groups is 2. The maximum absolute atomic E-state index is 13.8. The third-order valence-corrected chi connectivity index (χ3v) is 7.75. The largest absolute Gasteiger partial charge is 0.492 e. The molecule has 3 aromatic rings. The molecule has 0 radical (unpaired) electrons. The summed E-state index contributed by atoms with van der Waals surface area (Å²) >= 11 is 6.00. The summed E-state index contributed by atoms with van der Waals surface area (Å²) in [5.41, 5.74) is 0.960. The van der Waals surface area contributed by atoms with Gasteiger partial charge in [-0.05, 0) is 55.8 Å². The van der Waals surface area contributed by atoms with E-state index in [1.165, 1.54) is 24.1 Å². The molecule has 1 N–H and O–H groups in total. The maximum atomic E-state index is 13.8. The fourth-order valence-corrected chi connectivity index (χ4v) is 5.32. The Labute approximate surface area is 222 Å². The molecular weight excluding hydrogens is 514 g/mol. The lowest BCUT2D eigenvalue weighted by atomic mass is 10.1. The summed E-state index contributed by atoms with van der Waals surface area (Å²) in [5.74, 6) is -0.618. The highest BCUT2D eigenvalue weighted by atomic mass is 35.5. The first-order chi connectivity index (χ1) is 17.7. The lowest BCUT2D eigenvalue weighted by Gasteiger charge is -2.32. The van der Waals surface area contributed by atoms with Crippen molar-refractivity contribution in [2.45, 2.75) is 31.3 Å².